The highest BCUT2D eigenvalue weighted by molar-refractivity contribution is 6.10. The Labute approximate surface area is 267 Å². The largest absolute Gasteiger partial charge is 0.250 e. The van der Waals surface area contributed by atoms with Crippen molar-refractivity contribution in [2.24, 2.45) is 0 Å². The van der Waals surface area contributed by atoms with E-state index in [1.54, 1.807) is 0 Å². The second-order valence-corrected chi connectivity index (χ2v) is 12.1. The lowest BCUT2D eigenvalue weighted by Crippen LogP contribution is -2.03. The number of aromatic nitrogens is 4. The second kappa shape index (κ2) is 11.0. The molecule has 0 spiro atoms. The molecule has 0 fully saturated rings. The highest BCUT2D eigenvalue weighted by Crippen LogP contribution is 2.35. The van der Waals surface area contributed by atoms with Gasteiger partial charge in [0, 0.05) is 44.8 Å². The molecule has 46 heavy (non-hydrogen) atoms. The van der Waals surface area contributed by atoms with E-state index in [-0.39, 0.29) is 5.92 Å². The molecule has 4 heteroatoms. The lowest BCUT2D eigenvalue weighted by atomic mass is 9.91. The molecule has 0 N–H and O–H groups in total. The Hall–Kier alpha value is -5.74. The molecule has 0 saturated carbocycles. The molecule has 2 aliphatic rings. The third kappa shape index (κ3) is 4.62. The monoisotopic (exact) mass is 590 g/mol. The van der Waals surface area contributed by atoms with Crippen molar-refractivity contribution < 1.29 is 0 Å². The molecule has 218 valence electrons. The Balaban J connectivity index is 1.03. The number of allylic oxidation sites excluding steroid dienone is 8. The summed E-state index contributed by atoms with van der Waals surface area (Å²) < 4.78 is 0. The molecule has 9 rings (SSSR count). The summed E-state index contributed by atoms with van der Waals surface area (Å²) in [5.74, 6) is 0.493. The van der Waals surface area contributed by atoms with Crippen LogP contribution in [0.2, 0.25) is 0 Å². The van der Waals surface area contributed by atoms with E-state index in [2.05, 4.69) is 140 Å². The SMILES string of the molecule is C1=CC[C@@H](c2ccc3ccc4ccc(C5C=CC(c6cccc(-c7nc8ccccc8c8ccccc78)n6)=CC5)nc4c3n2)C=C1. The Morgan fingerprint density at radius 3 is 1.89 bits per heavy atom. The lowest BCUT2D eigenvalue weighted by molar-refractivity contribution is 0.819. The normalized spacial score (nSPS) is 17.7. The first-order valence-corrected chi connectivity index (χ1v) is 16.0. The van der Waals surface area contributed by atoms with Gasteiger partial charge in [-0.3, -0.25) is 0 Å². The van der Waals surface area contributed by atoms with E-state index in [0.717, 1.165) is 85.0 Å². The molecule has 0 saturated heterocycles. The minimum absolute atomic E-state index is 0.187. The van der Waals surface area contributed by atoms with Crippen molar-refractivity contribution >= 4 is 49.1 Å². The highest BCUT2D eigenvalue weighted by Gasteiger charge is 2.18. The first-order valence-electron chi connectivity index (χ1n) is 16.0. The molecule has 1 unspecified atom stereocenters. The maximum absolute atomic E-state index is 5.22. The number of benzene rings is 3. The predicted octanol–water partition coefficient (Wildman–Crippen LogP) is 10.3. The van der Waals surface area contributed by atoms with Crippen LogP contribution in [0.25, 0.3) is 60.4 Å². The summed E-state index contributed by atoms with van der Waals surface area (Å²) in [6.45, 7) is 0. The van der Waals surface area contributed by atoms with Gasteiger partial charge in [-0.25, -0.2) is 19.9 Å². The Kier molecular flexibility index (Phi) is 6.38. The topological polar surface area (TPSA) is 51.6 Å². The van der Waals surface area contributed by atoms with Crippen molar-refractivity contribution in [2.45, 2.75) is 24.7 Å². The summed E-state index contributed by atoms with van der Waals surface area (Å²) in [5, 5.41) is 5.71. The van der Waals surface area contributed by atoms with Crippen LogP contribution in [0.1, 0.15) is 41.8 Å². The Morgan fingerprint density at radius 2 is 1.17 bits per heavy atom. The van der Waals surface area contributed by atoms with Crippen LogP contribution in [0.3, 0.4) is 0 Å². The van der Waals surface area contributed by atoms with Crippen molar-refractivity contribution in [2.75, 3.05) is 0 Å². The number of hydrogen-bond donors (Lipinski definition) is 0. The van der Waals surface area contributed by atoms with Crippen molar-refractivity contribution in [3.8, 4) is 11.4 Å². The first kappa shape index (κ1) is 26.6. The molecule has 4 heterocycles. The zero-order valence-corrected chi connectivity index (χ0v) is 25.2. The van der Waals surface area contributed by atoms with Crippen LogP contribution in [0.5, 0.6) is 0 Å². The van der Waals surface area contributed by atoms with Gasteiger partial charge in [-0.1, -0.05) is 115 Å². The molecular formula is C42H30N4. The van der Waals surface area contributed by atoms with Crippen LogP contribution in [-0.4, -0.2) is 19.9 Å². The van der Waals surface area contributed by atoms with E-state index in [1.165, 1.54) is 5.39 Å². The van der Waals surface area contributed by atoms with E-state index in [9.17, 15) is 0 Å². The number of para-hydroxylation sites is 1. The fourth-order valence-corrected chi connectivity index (χ4v) is 6.87. The quantitative estimate of drug-likeness (QED) is 0.191. The maximum atomic E-state index is 5.22. The van der Waals surface area contributed by atoms with Crippen molar-refractivity contribution in [3.63, 3.8) is 0 Å². The summed E-state index contributed by atoms with van der Waals surface area (Å²) in [6, 6.07) is 36.0. The van der Waals surface area contributed by atoms with Crippen molar-refractivity contribution in [1.29, 1.82) is 0 Å². The number of nitrogens with zero attached hydrogens (tertiary/aromatic N) is 4. The molecule has 4 nitrogen and oxygen atoms in total. The molecule has 3 aromatic carbocycles. The van der Waals surface area contributed by atoms with E-state index in [1.807, 2.05) is 6.07 Å². The van der Waals surface area contributed by atoms with Gasteiger partial charge in [0.25, 0.3) is 0 Å². The van der Waals surface area contributed by atoms with Gasteiger partial charge in [0.2, 0.25) is 0 Å². The molecule has 2 aliphatic carbocycles. The minimum atomic E-state index is 0.187. The van der Waals surface area contributed by atoms with Gasteiger partial charge in [-0.15, -0.1) is 0 Å². The fourth-order valence-electron chi connectivity index (χ4n) is 6.87. The highest BCUT2D eigenvalue weighted by atomic mass is 14.8. The standard InChI is InChI=1S/C42H30N4/c1-2-9-27(10-3-1)36-25-23-30-21-22-31-24-26-37(45-41(31)40(30)44-36)29-19-17-28(18-20-29)35-15-8-16-39(43-35)42-34-13-5-4-11-32(34)33-12-6-7-14-38(33)46-42/h1-9,11-19,21-27,29H,10,20H2/t27-,29?/m0/s1. The van der Waals surface area contributed by atoms with Crippen LogP contribution in [0.4, 0.5) is 0 Å². The predicted molar refractivity (Wildman–Crippen MR) is 190 cm³/mol. The van der Waals surface area contributed by atoms with Crippen LogP contribution in [0.15, 0.2) is 146 Å². The second-order valence-electron chi connectivity index (χ2n) is 12.1. The molecule has 4 aromatic heterocycles. The average Bonchev–Trinajstić information content (AvgIpc) is 3.14. The van der Waals surface area contributed by atoms with E-state index >= 15 is 0 Å². The maximum Gasteiger partial charge on any atom is 0.0972 e. The van der Waals surface area contributed by atoms with Gasteiger partial charge >= 0.3 is 0 Å². The van der Waals surface area contributed by atoms with Gasteiger partial charge in [0.05, 0.1) is 33.6 Å². The molecule has 2 atom stereocenters. The van der Waals surface area contributed by atoms with Gasteiger partial charge in [-0.2, -0.15) is 0 Å². The third-order valence-electron chi connectivity index (χ3n) is 9.30. The number of pyridine rings is 4. The van der Waals surface area contributed by atoms with E-state index in [4.69, 9.17) is 19.9 Å². The molecule has 0 aliphatic heterocycles. The molecular weight excluding hydrogens is 560 g/mol. The summed E-state index contributed by atoms with van der Waals surface area (Å²) in [6.07, 6.45) is 17.3. The van der Waals surface area contributed by atoms with Gasteiger partial charge in [0.1, 0.15) is 0 Å². The average molecular weight is 591 g/mol. The Morgan fingerprint density at radius 1 is 0.500 bits per heavy atom. The van der Waals surface area contributed by atoms with Crippen LogP contribution < -0.4 is 0 Å². The smallest absolute Gasteiger partial charge is 0.0972 e. The lowest BCUT2D eigenvalue weighted by Gasteiger charge is -2.17. The summed E-state index contributed by atoms with van der Waals surface area (Å²) in [4.78, 5) is 20.6. The van der Waals surface area contributed by atoms with E-state index in [0.29, 0.717) is 5.92 Å². The van der Waals surface area contributed by atoms with Crippen molar-refractivity contribution in [3.05, 3.63) is 163 Å². The van der Waals surface area contributed by atoms with Gasteiger partial charge < -0.3 is 0 Å². The third-order valence-corrected chi connectivity index (χ3v) is 9.30. The molecule has 0 amide bonds. The number of hydrogen-bond acceptors (Lipinski definition) is 4. The Bertz CT molecular complexity index is 2450. The van der Waals surface area contributed by atoms with Crippen LogP contribution in [-0.2, 0) is 0 Å². The zero-order valence-electron chi connectivity index (χ0n) is 25.2. The first-order chi connectivity index (χ1) is 22.8. The number of rotatable bonds is 4. The zero-order chi connectivity index (χ0) is 30.5. The molecule has 7 aromatic rings. The number of fused-ring (bicyclic) bond motifs is 6. The fraction of sp³-hybridized carbons (Fsp3) is 0.0952. The van der Waals surface area contributed by atoms with Gasteiger partial charge in [-0.05, 0) is 54.1 Å². The van der Waals surface area contributed by atoms with E-state index < -0.39 is 0 Å². The summed E-state index contributed by atoms with van der Waals surface area (Å²) in [7, 11) is 0. The summed E-state index contributed by atoms with van der Waals surface area (Å²) in [5.41, 5.74) is 8.95. The molecule has 0 radical (unpaired) electrons. The summed E-state index contributed by atoms with van der Waals surface area (Å²) >= 11 is 0. The van der Waals surface area contributed by atoms with Gasteiger partial charge in [0.15, 0.2) is 0 Å². The van der Waals surface area contributed by atoms with Crippen LogP contribution in [0, 0.1) is 0 Å². The molecule has 0 bridgehead atoms. The van der Waals surface area contributed by atoms with Crippen LogP contribution >= 0.6 is 0 Å². The van der Waals surface area contributed by atoms with Crippen molar-refractivity contribution in [1.82, 2.24) is 19.9 Å². The minimum Gasteiger partial charge on any atom is -0.250 e.